The zero-order chi connectivity index (χ0) is 24.5. The number of hydrogen-bond donors (Lipinski definition) is 3. The van der Waals surface area contributed by atoms with E-state index in [4.69, 9.17) is 4.74 Å². The van der Waals surface area contributed by atoms with E-state index in [9.17, 15) is 14.4 Å². The van der Waals surface area contributed by atoms with E-state index in [1.807, 2.05) is 48.5 Å². The van der Waals surface area contributed by atoms with Gasteiger partial charge in [-0.25, -0.2) is 4.79 Å². The van der Waals surface area contributed by atoms with Gasteiger partial charge in [0, 0.05) is 26.2 Å². The van der Waals surface area contributed by atoms with Crippen molar-refractivity contribution in [1.29, 1.82) is 0 Å². The summed E-state index contributed by atoms with van der Waals surface area (Å²) in [7, 11) is 0. The Labute approximate surface area is 206 Å². The van der Waals surface area contributed by atoms with Crippen molar-refractivity contribution in [3.8, 4) is 0 Å². The van der Waals surface area contributed by atoms with Gasteiger partial charge in [-0.05, 0) is 43.2 Å². The highest BCUT2D eigenvalue weighted by molar-refractivity contribution is 5.99. The van der Waals surface area contributed by atoms with E-state index >= 15 is 0 Å². The molecule has 0 saturated carbocycles. The van der Waals surface area contributed by atoms with Crippen molar-refractivity contribution < 1.29 is 19.1 Å². The Kier molecular flexibility index (Phi) is 8.36. The van der Waals surface area contributed by atoms with Crippen LogP contribution in [0, 0.1) is 0 Å². The molecule has 4 rings (SSSR count). The molecule has 1 atom stereocenters. The number of piperidine rings is 1. The minimum Gasteiger partial charge on any atom is -0.445 e. The zero-order valence-electron chi connectivity index (χ0n) is 20.0. The van der Waals surface area contributed by atoms with E-state index in [-0.39, 0.29) is 18.4 Å². The number of carbonyl (C=O) groups excluding carboxylic acids is 3. The normalized spacial score (nSPS) is 19.6. The maximum atomic E-state index is 12.9. The highest BCUT2D eigenvalue weighted by Crippen LogP contribution is 2.26. The molecule has 0 bridgehead atoms. The average molecular weight is 479 g/mol. The van der Waals surface area contributed by atoms with Crippen LogP contribution in [-0.4, -0.2) is 60.6 Å². The number of piperazine rings is 1. The number of nitrogens with one attached hydrogen (secondary N) is 3. The SMILES string of the molecule is O=C(NCCC[C@@H]1NC(=O)C2(CCN(CCc3ccccc3)CC2)NC1=O)OCc1ccccc1. The fourth-order valence-corrected chi connectivity index (χ4v) is 4.66. The lowest BCUT2D eigenvalue weighted by Crippen LogP contribution is -2.71. The van der Waals surface area contributed by atoms with Gasteiger partial charge in [0.15, 0.2) is 0 Å². The number of amides is 3. The summed E-state index contributed by atoms with van der Waals surface area (Å²) >= 11 is 0. The molecule has 0 radical (unpaired) electrons. The van der Waals surface area contributed by atoms with Gasteiger partial charge in [0.1, 0.15) is 18.2 Å². The van der Waals surface area contributed by atoms with Crippen LogP contribution < -0.4 is 16.0 Å². The number of alkyl carbamates (subject to hydrolysis) is 1. The van der Waals surface area contributed by atoms with Crippen molar-refractivity contribution in [3.63, 3.8) is 0 Å². The van der Waals surface area contributed by atoms with Gasteiger partial charge in [0.25, 0.3) is 0 Å². The summed E-state index contributed by atoms with van der Waals surface area (Å²) in [6, 6.07) is 19.3. The highest BCUT2D eigenvalue weighted by atomic mass is 16.5. The number of carbonyl (C=O) groups is 3. The second kappa shape index (κ2) is 11.8. The molecule has 3 amide bonds. The van der Waals surface area contributed by atoms with E-state index in [0.717, 1.165) is 31.6 Å². The molecule has 2 fully saturated rings. The Hall–Kier alpha value is -3.39. The average Bonchev–Trinajstić information content (AvgIpc) is 2.89. The fraction of sp³-hybridized carbons (Fsp3) is 0.444. The molecular formula is C27H34N4O4. The first-order valence-corrected chi connectivity index (χ1v) is 12.4. The lowest BCUT2D eigenvalue weighted by Gasteiger charge is -2.45. The minimum absolute atomic E-state index is 0.0972. The summed E-state index contributed by atoms with van der Waals surface area (Å²) in [4.78, 5) is 39.9. The van der Waals surface area contributed by atoms with Gasteiger partial charge in [-0.2, -0.15) is 0 Å². The third kappa shape index (κ3) is 6.82. The topological polar surface area (TPSA) is 99.8 Å². The summed E-state index contributed by atoms with van der Waals surface area (Å²) in [6.07, 6.45) is 2.71. The van der Waals surface area contributed by atoms with Crippen molar-refractivity contribution >= 4 is 17.9 Å². The van der Waals surface area contributed by atoms with Gasteiger partial charge in [0.05, 0.1) is 0 Å². The zero-order valence-corrected chi connectivity index (χ0v) is 20.0. The summed E-state index contributed by atoms with van der Waals surface area (Å²) in [5.74, 6) is -0.242. The molecule has 2 aliphatic heterocycles. The third-order valence-electron chi connectivity index (χ3n) is 6.84. The van der Waals surface area contributed by atoms with E-state index in [1.165, 1.54) is 5.56 Å². The molecule has 0 unspecified atom stereocenters. The number of nitrogens with zero attached hydrogens (tertiary/aromatic N) is 1. The first kappa shape index (κ1) is 24.7. The molecule has 2 saturated heterocycles. The number of likely N-dealkylation sites (tertiary alicyclic amines) is 1. The van der Waals surface area contributed by atoms with Crippen LogP contribution in [0.2, 0.25) is 0 Å². The van der Waals surface area contributed by atoms with Crippen LogP contribution >= 0.6 is 0 Å². The fourth-order valence-electron chi connectivity index (χ4n) is 4.66. The van der Waals surface area contributed by atoms with Gasteiger partial charge < -0.3 is 25.6 Å². The highest BCUT2D eigenvalue weighted by Gasteiger charge is 2.47. The number of ether oxygens (including phenoxy) is 1. The first-order valence-electron chi connectivity index (χ1n) is 12.4. The molecule has 1 spiro atoms. The van der Waals surface area contributed by atoms with Gasteiger partial charge >= 0.3 is 6.09 Å². The quantitative estimate of drug-likeness (QED) is 0.481. The number of hydrogen-bond acceptors (Lipinski definition) is 5. The van der Waals surface area contributed by atoms with E-state index in [0.29, 0.717) is 32.2 Å². The molecule has 2 aliphatic rings. The standard InChI is InChI=1S/C27H34N4O4/c32-24-23(12-7-16-28-26(34)35-20-22-10-5-2-6-11-22)29-25(33)27(30-24)14-18-31(19-15-27)17-13-21-8-3-1-4-9-21/h1-6,8-11,23H,7,12-20H2,(H,28,34)(H,29,33)(H,30,32)/t23-/m0/s1. The lowest BCUT2D eigenvalue weighted by atomic mass is 9.83. The van der Waals surface area contributed by atoms with Crippen molar-refractivity contribution in [1.82, 2.24) is 20.9 Å². The third-order valence-corrected chi connectivity index (χ3v) is 6.84. The molecule has 8 heteroatoms. The predicted molar refractivity (Wildman–Crippen MR) is 132 cm³/mol. The molecule has 8 nitrogen and oxygen atoms in total. The van der Waals surface area contributed by atoms with Crippen LogP contribution in [0.25, 0.3) is 0 Å². The van der Waals surface area contributed by atoms with Crippen molar-refractivity contribution in [2.75, 3.05) is 26.2 Å². The monoisotopic (exact) mass is 478 g/mol. The maximum Gasteiger partial charge on any atom is 0.407 e. The molecule has 0 aliphatic carbocycles. The Balaban J connectivity index is 1.14. The smallest absolute Gasteiger partial charge is 0.407 e. The molecule has 3 N–H and O–H groups in total. The van der Waals surface area contributed by atoms with E-state index in [1.54, 1.807) is 0 Å². The number of benzene rings is 2. The van der Waals surface area contributed by atoms with Crippen LogP contribution in [0.4, 0.5) is 4.79 Å². The Morgan fingerprint density at radius 1 is 1.00 bits per heavy atom. The van der Waals surface area contributed by atoms with Crippen LogP contribution in [-0.2, 0) is 27.4 Å². The van der Waals surface area contributed by atoms with Crippen LogP contribution in [0.15, 0.2) is 60.7 Å². The van der Waals surface area contributed by atoms with Gasteiger partial charge in [0.2, 0.25) is 11.8 Å². The van der Waals surface area contributed by atoms with E-state index in [2.05, 4.69) is 33.0 Å². The Bertz CT molecular complexity index is 991. The minimum atomic E-state index is -0.809. The molecule has 2 heterocycles. The van der Waals surface area contributed by atoms with Crippen LogP contribution in [0.1, 0.15) is 36.8 Å². The Morgan fingerprint density at radius 3 is 2.34 bits per heavy atom. The summed E-state index contributed by atoms with van der Waals surface area (Å²) in [5, 5.41) is 8.64. The van der Waals surface area contributed by atoms with Crippen molar-refractivity contribution in [2.24, 2.45) is 0 Å². The molecule has 35 heavy (non-hydrogen) atoms. The molecule has 0 aromatic heterocycles. The predicted octanol–water partition coefficient (Wildman–Crippen LogP) is 2.38. The second-order valence-electron chi connectivity index (χ2n) is 9.31. The Morgan fingerprint density at radius 2 is 1.66 bits per heavy atom. The second-order valence-corrected chi connectivity index (χ2v) is 9.31. The molecule has 2 aromatic rings. The van der Waals surface area contributed by atoms with Crippen LogP contribution in [0.3, 0.4) is 0 Å². The summed E-state index contributed by atoms with van der Waals surface area (Å²) in [6.45, 7) is 3.08. The van der Waals surface area contributed by atoms with Gasteiger partial charge in [-0.3, -0.25) is 9.59 Å². The van der Waals surface area contributed by atoms with Gasteiger partial charge in [-0.1, -0.05) is 60.7 Å². The van der Waals surface area contributed by atoms with E-state index < -0.39 is 17.7 Å². The number of rotatable bonds is 9. The summed E-state index contributed by atoms with van der Waals surface area (Å²) in [5.41, 5.74) is 1.41. The van der Waals surface area contributed by atoms with Crippen LogP contribution in [0.5, 0.6) is 0 Å². The summed E-state index contributed by atoms with van der Waals surface area (Å²) < 4.78 is 5.18. The molecule has 186 valence electrons. The molecule has 2 aromatic carbocycles. The first-order chi connectivity index (χ1) is 17.0. The largest absolute Gasteiger partial charge is 0.445 e. The van der Waals surface area contributed by atoms with Crippen molar-refractivity contribution in [2.45, 2.75) is 50.3 Å². The lowest BCUT2D eigenvalue weighted by molar-refractivity contribution is -0.143. The maximum absolute atomic E-state index is 12.9. The van der Waals surface area contributed by atoms with Gasteiger partial charge in [-0.15, -0.1) is 0 Å². The molecular weight excluding hydrogens is 444 g/mol. The van der Waals surface area contributed by atoms with Crippen molar-refractivity contribution in [3.05, 3.63) is 71.8 Å².